The van der Waals surface area contributed by atoms with Gasteiger partial charge in [-0.2, -0.15) is 13.2 Å². The van der Waals surface area contributed by atoms with Crippen LogP contribution in [0.1, 0.15) is 39.7 Å². The highest BCUT2D eigenvalue weighted by Gasteiger charge is 2.38. The van der Waals surface area contributed by atoms with E-state index in [-0.39, 0.29) is 10.8 Å². The summed E-state index contributed by atoms with van der Waals surface area (Å²) in [4.78, 5) is 18.7. The van der Waals surface area contributed by atoms with Crippen molar-refractivity contribution in [3.8, 4) is 0 Å². The molecule has 0 saturated carbocycles. The molecule has 154 valence electrons. The van der Waals surface area contributed by atoms with Crippen LogP contribution < -0.4 is 4.90 Å². The van der Waals surface area contributed by atoms with Gasteiger partial charge in [0.2, 0.25) is 0 Å². The van der Waals surface area contributed by atoms with E-state index in [0.29, 0.717) is 24.9 Å². The van der Waals surface area contributed by atoms with Gasteiger partial charge < -0.3 is 9.64 Å². The van der Waals surface area contributed by atoms with Crippen LogP contribution in [0.25, 0.3) is 5.65 Å². The van der Waals surface area contributed by atoms with E-state index in [9.17, 15) is 18.0 Å². The molecule has 0 saturated heterocycles. The van der Waals surface area contributed by atoms with E-state index in [4.69, 9.17) is 16.3 Å². The summed E-state index contributed by atoms with van der Waals surface area (Å²) >= 11 is 6.39. The maximum atomic E-state index is 13.8. The normalized spacial score (nSPS) is 18.1. The molecular weight excluding hydrogens is 419 g/mol. The number of alkyl halides is 3. The molecule has 9 heteroatoms. The van der Waals surface area contributed by atoms with Crippen molar-refractivity contribution in [2.24, 2.45) is 0 Å². The second-order valence-electron chi connectivity index (χ2n) is 7.20. The molecular formula is C21H15ClF3N3O2. The largest absolute Gasteiger partial charge is 0.493 e. The SMILES string of the molecule is O=C(c1nc2c(C(F)(F)F)cc(C3CC=CO3)cn2c1Cl)N1CCc2ccccc21. The highest BCUT2D eigenvalue weighted by Crippen LogP contribution is 2.38. The first-order valence-corrected chi connectivity index (χ1v) is 9.71. The Balaban J connectivity index is 1.64. The fraction of sp³-hybridized carbons (Fsp3) is 0.238. The van der Waals surface area contributed by atoms with E-state index in [1.54, 1.807) is 18.2 Å². The third-order valence-corrected chi connectivity index (χ3v) is 5.75. The van der Waals surface area contributed by atoms with E-state index < -0.39 is 29.4 Å². The van der Waals surface area contributed by atoms with Crippen LogP contribution in [0.15, 0.2) is 48.9 Å². The number of rotatable bonds is 2. The van der Waals surface area contributed by atoms with Gasteiger partial charge in [-0.15, -0.1) is 0 Å². The van der Waals surface area contributed by atoms with Crippen molar-refractivity contribution in [3.63, 3.8) is 0 Å². The zero-order valence-electron chi connectivity index (χ0n) is 15.5. The van der Waals surface area contributed by atoms with Crippen molar-refractivity contribution < 1.29 is 22.7 Å². The highest BCUT2D eigenvalue weighted by molar-refractivity contribution is 6.33. The van der Waals surface area contributed by atoms with Crippen molar-refractivity contribution in [1.82, 2.24) is 9.38 Å². The number of para-hydroxylation sites is 1. The summed E-state index contributed by atoms with van der Waals surface area (Å²) in [5, 5.41) is -0.155. The number of aromatic nitrogens is 2. The number of carbonyl (C=O) groups is 1. The quantitative estimate of drug-likeness (QED) is 0.559. The molecule has 5 rings (SSSR count). The van der Waals surface area contributed by atoms with Crippen molar-refractivity contribution in [2.45, 2.75) is 25.1 Å². The molecule has 5 nitrogen and oxygen atoms in total. The van der Waals surface area contributed by atoms with E-state index >= 15 is 0 Å². The number of halogens is 4. The van der Waals surface area contributed by atoms with Gasteiger partial charge in [-0.1, -0.05) is 29.8 Å². The number of imidazole rings is 1. The number of pyridine rings is 1. The number of anilines is 1. The van der Waals surface area contributed by atoms with Gasteiger partial charge >= 0.3 is 6.18 Å². The molecule has 2 aromatic heterocycles. The van der Waals surface area contributed by atoms with Gasteiger partial charge in [0.1, 0.15) is 11.3 Å². The van der Waals surface area contributed by atoms with Crippen LogP contribution in [0.2, 0.25) is 5.15 Å². The average molecular weight is 434 g/mol. The van der Waals surface area contributed by atoms with Crippen LogP contribution in [0.3, 0.4) is 0 Å². The monoisotopic (exact) mass is 433 g/mol. The van der Waals surface area contributed by atoms with E-state index in [0.717, 1.165) is 21.7 Å². The van der Waals surface area contributed by atoms with Crippen molar-refractivity contribution in [2.75, 3.05) is 11.4 Å². The van der Waals surface area contributed by atoms with Crippen LogP contribution in [-0.4, -0.2) is 21.8 Å². The summed E-state index contributed by atoms with van der Waals surface area (Å²) in [6, 6.07) is 8.40. The molecule has 4 heterocycles. The summed E-state index contributed by atoms with van der Waals surface area (Å²) in [5.74, 6) is -0.526. The van der Waals surface area contributed by atoms with Crippen LogP contribution >= 0.6 is 11.6 Å². The molecule has 0 aliphatic carbocycles. The summed E-state index contributed by atoms with van der Waals surface area (Å²) < 4.78 is 47.8. The fourth-order valence-corrected chi connectivity index (χ4v) is 4.19. The molecule has 2 aliphatic rings. The van der Waals surface area contributed by atoms with Crippen LogP contribution in [0.4, 0.5) is 18.9 Å². The summed E-state index contributed by atoms with van der Waals surface area (Å²) in [6.45, 7) is 0.418. The lowest BCUT2D eigenvalue weighted by molar-refractivity contribution is -0.136. The van der Waals surface area contributed by atoms with Crippen LogP contribution in [-0.2, 0) is 17.3 Å². The Labute approximate surface area is 174 Å². The number of hydrogen-bond acceptors (Lipinski definition) is 3. The van der Waals surface area contributed by atoms with Gasteiger partial charge in [0, 0.05) is 30.4 Å². The second kappa shape index (κ2) is 6.77. The fourth-order valence-electron chi connectivity index (χ4n) is 3.94. The number of nitrogens with zero attached hydrogens (tertiary/aromatic N) is 3. The minimum atomic E-state index is -4.67. The Hall–Kier alpha value is -3.00. The van der Waals surface area contributed by atoms with E-state index in [2.05, 4.69) is 4.98 Å². The third-order valence-electron chi connectivity index (χ3n) is 5.38. The zero-order chi connectivity index (χ0) is 21.0. The summed E-state index contributed by atoms with van der Waals surface area (Å²) in [7, 11) is 0. The molecule has 0 bridgehead atoms. The molecule has 1 unspecified atom stereocenters. The van der Waals surface area contributed by atoms with Crippen molar-refractivity contribution >= 4 is 28.8 Å². The first kappa shape index (κ1) is 19.0. The standard InChI is InChI=1S/C21H15ClF3N3O2/c22-18-17(20(29)27-8-7-12-4-1-2-5-15(12)27)26-19-14(21(23,24)25)10-13(11-28(18)19)16-6-3-9-30-16/h1-5,9-11,16H,6-8H2. The highest BCUT2D eigenvalue weighted by atomic mass is 35.5. The Morgan fingerprint density at radius 1 is 1.27 bits per heavy atom. The predicted molar refractivity (Wildman–Crippen MR) is 105 cm³/mol. The van der Waals surface area contributed by atoms with E-state index in [1.165, 1.54) is 17.4 Å². The van der Waals surface area contributed by atoms with Gasteiger partial charge in [-0.25, -0.2) is 4.98 Å². The minimum absolute atomic E-state index is 0.155. The number of ether oxygens (including phenoxy) is 1. The first-order valence-electron chi connectivity index (χ1n) is 9.33. The molecule has 1 aromatic carbocycles. The third kappa shape index (κ3) is 2.94. The van der Waals surface area contributed by atoms with Gasteiger partial charge in [0.05, 0.1) is 11.8 Å². The van der Waals surface area contributed by atoms with Crippen molar-refractivity contribution in [3.05, 3.63) is 76.4 Å². The Morgan fingerprint density at radius 2 is 2.07 bits per heavy atom. The molecule has 0 spiro atoms. The summed E-state index contributed by atoms with van der Waals surface area (Å²) in [5.41, 5.74) is 0.454. The van der Waals surface area contributed by atoms with E-state index in [1.807, 2.05) is 12.1 Å². The number of hydrogen-bond donors (Lipinski definition) is 0. The molecule has 1 atom stereocenters. The lowest BCUT2D eigenvalue weighted by Crippen LogP contribution is -2.29. The van der Waals surface area contributed by atoms with Crippen molar-refractivity contribution in [1.29, 1.82) is 0 Å². The Morgan fingerprint density at radius 3 is 2.80 bits per heavy atom. The van der Waals surface area contributed by atoms with Gasteiger partial charge in [0.15, 0.2) is 11.3 Å². The number of fused-ring (bicyclic) bond motifs is 2. The Bertz CT molecular complexity index is 1190. The summed E-state index contributed by atoms with van der Waals surface area (Å²) in [6.07, 6.45) is 0.542. The maximum Gasteiger partial charge on any atom is 0.419 e. The predicted octanol–water partition coefficient (Wildman–Crippen LogP) is 5.18. The first-order chi connectivity index (χ1) is 14.3. The molecule has 0 N–H and O–H groups in total. The molecule has 3 aromatic rings. The van der Waals surface area contributed by atoms with Crippen LogP contribution in [0, 0.1) is 0 Å². The second-order valence-corrected chi connectivity index (χ2v) is 7.56. The minimum Gasteiger partial charge on any atom is -0.493 e. The van der Waals surface area contributed by atoms with Gasteiger partial charge in [0.25, 0.3) is 5.91 Å². The molecule has 2 aliphatic heterocycles. The van der Waals surface area contributed by atoms with Gasteiger partial charge in [-0.05, 0) is 30.2 Å². The molecule has 1 amide bonds. The van der Waals surface area contributed by atoms with Gasteiger partial charge in [-0.3, -0.25) is 9.20 Å². The van der Waals surface area contributed by atoms with Crippen LogP contribution in [0.5, 0.6) is 0 Å². The number of amides is 1. The zero-order valence-corrected chi connectivity index (χ0v) is 16.2. The number of carbonyl (C=O) groups excluding carboxylic acids is 1. The topological polar surface area (TPSA) is 46.8 Å². The Kier molecular flexibility index (Phi) is 4.28. The molecule has 30 heavy (non-hydrogen) atoms. The number of benzene rings is 1. The average Bonchev–Trinajstić information content (AvgIpc) is 3.45. The lowest BCUT2D eigenvalue weighted by Gasteiger charge is -2.16. The molecule has 0 radical (unpaired) electrons. The lowest BCUT2D eigenvalue weighted by atomic mass is 10.1. The smallest absolute Gasteiger partial charge is 0.419 e. The maximum absolute atomic E-state index is 13.8. The molecule has 0 fully saturated rings.